The van der Waals surface area contributed by atoms with E-state index >= 15 is 0 Å². The number of carbonyl (C=O) groups excluding carboxylic acids is 1. The Hall–Kier alpha value is -1.78. The van der Waals surface area contributed by atoms with E-state index in [1.54, 1.807) is 6.07 Å². The van der Waals surface area contributed by atoms with E-state index in [0.717, 1.165) is 18.6 Å². The van der Waals surface area contributed by atoms with Gasteiger partial charge in [-0.2, -0.15) is 0 Å². The summed E-state index contributed by atoms with van der Waals surface area (Å²) >= 11 is 0. The maximum absolute atomic E-state index is 11.8. The predicted octanol–water partition coefficient (Wildman–Crippen LogP) is 1.36. The summed E-state index contributed by atoms with van der Waals surface area (Å²) < 4.78 is 5.35. The number of hydrogen-bond acceptors (Lipinski definition) is 3. The van der Waals surface area contributed by atoms with Crippen LogP contribution in [0.2, 0.25) is 0 Å². The van der Waals surface area contributed by atoms with Gasteiger partial charge in [0, 0.05) is 6.04 Å². The molecule has 1 amide bonds. The van der Waals surface area contributed by atoms with Crippen LogP contribution < -0.4 is 5.32 Å². The van der Waals surface area contributed by atoms with Crippen molar-refractivity contribution in [3.8, 4) is 0 Å². The molecule has 0 bridgehead atoms. The summed E-state index contributed by atoms with van der Waals surface area (Å²) in [5.74, 6) is 1.18. The zero-order valence-electron chi connectivity index (χ0n) is 10.8. The molecule has 2 fully saturated rings. The number of rotatable bonds is 5. The van der Waals surface area contributed by atoms with Gasteiger partial charge in [-0.3, -0.25) is 9.59 Å². The standard InChI is InChI=1S/C14H17NO4/c1-7-2-3-8(19-7)4-13(16)15-12-6-10(12)9-5-11(9)14(17)18/h2-3,9-12H,4-6H2,1H3,(H,15,16)(H,17,18)/t9-,10+,11-,12+/m0/s1. The van der Waals surface area contributed by atoms with Gasteiger partial charge in [0.05, 0.1) is 12.3 Å². The van der Waals surface area contributed by atoms with Gasteiger partial charge in [-0.05, 0) is 43.7 Å². The van der Waals surface area contributed by atoms with E-state index in [9.17, 15) is 9.59 Å². The second-order valence-corrected chi connectivity index (χ2v) is 5.61. The van der Waals surface area contributed by atoms with Crippen molar-refractivity contribution in [3.05, 3.63) is 23.7 Å². The Morgan fingerprint density at radius 2 is 2.16 bits per heavy atom. The Balaban J connectivity index is 1.44. The molecule has 0 aliphatic heterocycles. The Labute approximate surface area is 111 Å². The first kappa shape index (κ1) is 12.3. The average Bonchev–Trinajstić information content (AvgIpc) is 3.18. The molecular formula is C14H17NO4. The minimum atomic E-state index is -0.701. The van der Waals surface area contributed by atoms with Gasteiger partial charge in [0.15, 0.2) is 0 Å². The van der Waals surface area contributed by atoms with Crippen LogP contribution in [-0.2, 0) is 16.0 Å². The van der Waals surface area contributed by atoms with Gasteiger partial charge >= 0.3 is 5.97 Å². The summed E-state index contributed by atoms with van der Waals surface area (Å²) in [5.41, 5.74) is 0. The molecule has 1 heterocycles. The number of aliphatic carboxylic acids is 1. The zero-order chi connectivity index (χ0) is 13.6. The molecule has 2 saturated carbocycles. The van der Waals surface area contributed by atoms with Crippen LogP contribution >= 0.6 is 0 Å². The highest BCUT2D eigenvalue weighted by Crippen LogP contribution is 2.54. The van der Waals surface area contributed by atoms with Gasteiger partial charge in [0.1, 0.15) is 11.5 Å². The summed E-state index contributed by atoms with van der Waals surface area (Å²) in [5, 5.41) is 11.8. The highest BCUT2D eigenvalue weighted by Gasteiger charge is 2.56. The van der Waals surface area contributed by atoms with E-state index in [1.807, 2.05) is 13.0 Å². The molecule has 5 heteroatoms. The SMILES string of the molecule is Cc1ccc(CC(=O)N[C@@H]2C[C@@H]2[C@@H]2C[C@@H]2C(=O)O)o1. The maximum atomic E-state index is 11.8. The molecule has 2 N–H and O–H groups in total. The minimum Gasteiger partial charge on any atom is -0.481 e. The van der Waals surface area contributed by atoms with Gasteiger partial charge in [-0.15, -0.1) is 0 Å². The smallest absolute Gasteiger partial charge is 0.306 e. The second kappa shape index (κ2) is 4.40. The lowest BCUT2D eigenvalue weighted by Gasteiger charge is -2.02. The van der Waals surface area contributed by atoms with Gasteiger partial charge in [-0.1, -0.05) is 0 Å². The largest absolute Gasteiger partial charge is 0.481 e. The summed E-state index contributed by atoms with van der Waals surface area (Å²) in [6, 6.07) is 3.81. The summed E-state index contributed by atoms with van der Waals surface area (Å²) in [4.78, 5) is 22.6. The number of aryl methyl sites for hydroxylation is 1. The third-order valence-corrected chi connectivity index (χ3v) is 4.02. The van der Waals surface area contributed by atoms with Crippen molar-refractivity contribution in [2.24, 2.45) is 17.8 Å². The predicted molar refractivity (Wildman–Crippen MR) is 66.4 cm³/mol. The van der Waals surface area contributed by atoms with Crippen LogP contribution in [0, 0.1) is 24.7 Å². The average molecular weight is 263 g/mol. The summed E-state index contributed by atoms with van der Waals surface area (Å²) in [6.07, 6.45) is 1.94. The van der Waals surface area contributed by atoms with E-state index in [-0.39, 0.29) is 30.2 Å². The van der Waals surface area contributed by atoms with Gasteiger partial charge < -0.3 is 14.8 Å². The van der Waals surface area contributed by atoms with E-state index in [2.05, 4.69) is 5.32 Å². The lowest BCUT2D eigenvalue weighted by molar-refractivity contribution is -0.138. The molecule has 0 spiro atoms. The van der Waals surface area contributed by atoms with Gasteiger partial charge in [0.25, 0.3) is 0 Å². The molecule has 0 unspecified atom stereocenters. The van der Waals surface area contributed by atoms with Crippen molar-refractivity contribution < 1.29 is 19.1 Å². The topological polar surface area (TPSA) is 79.5 Å². The normalized spacial score (nSPS) is 31.8. The first-order valence-corrected chi connectivity index (χ1v) is 6.62. The van der Waals surface area contributed by atoms with E-state index in [1.165, 1.54) is 0 Å². The first-order valence-electron chi connectivity index (χ1n) is 6.62. The maximum Gasteiger partial charge on any atom is 0.306 e. The van der Waals surface area contributed by atoms with Crippen molar-refractivity contribution in [1.29, 1.82) is 0 Å². The monoisotopic (exact) mass is 263 g/mol. The van der Waals surface area contributed by atoms with E-state index < -0.39 is 5.97 Å². The van der Waals surface area contributed by atoms with E-state index in [0.29, 0.717) is 11.7 Å². The highest BCUT2D eigenvalue weighted by molar-refractivity contribution is 5.79. The molecule has 0 saturated heterocycles. The highest BCUT2D eigenvalue weighted by atomic mass is 16.4. The molecule has 1 aromatic heterocycles. The first-order chi connectivity index (χ1) is 9.04. The van der Waals surface area contributed by atoms with Crippen molar-refractivity contribution in [3.63, 3.8) is 0 Å². The quantitative estimate of drug-likeness (QED) is 0.840. The van der Waals surface area contributed by atoms with Crippen LogP contribution in [0.5, 0.6) is 0 Å². The third kappa shape index (κ3) is 2.64. The van der Waals surface area contributed by atoms with Crippen molar-refractivity contribution >= 4 is 11.9 Å². The number of hydrogen-bond donors (Lipinski definition) is 2. The molecule has 0 aromatic carbocycles. The molecule has 2 aliphatic carbocycles. The molecule has 102 valence electrons. The molecule has 4 atom stereocenters. The lowest BCUT2D eigenvalue weighted by atomic mass is 10.2. The number of amides is 1. The van der Waals surface area contributed by atoms with Crippen LogP contribution in [0.4, 0.5) is 0 Å². The molecule has 5 nitrogen and oxygen atoms in total. The Bertz CT molecular complexity index is 521. The summed E-state index contributed by atoms with van der Waals surface area (Å²) in [7, 11) is 0. The van der Waals surface area contributed by atoms with Crippen molar-refractivity contribution in [2.75, 3.05) is 0 Å². The Morgan fingerprint density at radius 3 is 2.74 bits per heavy atom. The van der Waals surface area contributed by atoms with Crippen LogP contribution in [-0.4, -0.2) is 23.0 Å². The number of carbonyl (C=O) groups is 2. The molecule has 19 heavy (non-hydrogen) atoms. The molecule has 1 aromatic rings. The lowest BCUT2D eigenvalue weighted by Crippen LogP contribution is -2.28. The fraction of sp³-hybridized carbons (Fsp3) is 0.571. The molecule has 3 rings (SSSR count). The fourth-order valence-corrected chi connectivity index (χ4v) is 2.82. The fourth-order valence-electron chi connectivity index (χ4n) is 2.82. The van der Waals surface area contributed by atoms with Crippen LogP contribution in [0.1, 0.15) is 24.4 Å². The number of furan rings is 1. The molecule has 2 aliphatic rings. The Kier molecular flexibility index (Phi) is 2.84. The van der Waals surface area contributed by atoms with Gasteiger partial charge in [0.2, 0.25) is 5.91 Å². The van der Waals surface area contributed by atoms with Gasteiger partial charge in [-0.25, -0.2) is 0 Å². The van der Waals surface area contributed by atoms with Crippen molar-refractivity contribution in [2.45, 2.75) is 32.2 Å². The van der Waals surface area contributed by atoms with Crippen LogP contribution in [0.3, 0.4) is 0 Å². The van der Waals surface area contributed by atoms with Crippen molar-refractivity contribution in [1.82, 2.24) is 5.32 Å². The number of carboxylic acid groups (broad SMARTS) is 1. The van der Waals surface area contributed by atoms with Crippen LogP contribution in [0.25, 0.3) is 0 Å². The third-order valence-electron chi connectivity index (χ3n) is 4.02. The second-order valence-electron chi connectivity index (χ2n) is 5.61. The molecule has 0 radical (unpaired) electrons. The molecular weight excluding hydrogens is 246 g/mol. The number of carboxylic acids is 1. The zero-order valence-corrected chi connectivity index (χ0v) is 10.8. The Morgan fingerprint density at radius 1 is 1.37 bits per heavy atom. The van der Waals surface area contributed by atoms with Crippen LogP contribution in [0.15, 0.2) is 16.5 Å². The number of nitrogens with one attached hydrogen (secondary N) is 1. The minimum absolute atomic E-state index is 0.0469. The van der Waals surface area contributed by atoms with E-state index in [4.69, 9.17) is 9.52 Å². The summed E-state index contributed by atoms with van der Waals surface area (Å²) in [6.45, 7) is 1.84.